The zero-order chi connectivity index (χ0) is 23.2. The van der Waals surface area contributed by atoms with E-state index >= 15 is 0 Å². The second-order valence-electron chi connectivity index (χ2n) is 6.98. The lowest BCUT2D eigenvalue weighted by Crippen LogP contribution is -2.23. The number of carbonyl (C=O) groups is 2. The molecule has 1 aromatic heterocycles. The van der Waals surface area contributed by atoms with Gasteiger partial charge in [-0.1, -0.05) is 48.5 Å². The molecule has 4 aromatic rings. The van der Waals surface area contributed by atoms with Gasteiger partial charge in [-0.25, -0.2) is 14.3 Å². The second-order valence-corrected chi connectivity index (χ2v) is 6.98. The number of rotatable bonds is 6. The third-order valence-electron chi connectivity index (χ3n) is 4.90. The number of amides is 2. The summed E-state index contributed by atoms with van der Waals surface area (Å²) in [5.74, 6) is 0.247. The first-order valence-electron chi connectivity index (χ1n) is 10.1. The van der Waals surface area contributed by atoms with Crippen LogP contribution in [0.15, 0.2) is 84.9 Å². The van der Waals surface area contributed by atoms with Crippen molar-refractivity contribution in [3.8, 4) is 22.7 Å². The molecule has 0 bridgehead atoms. The van der Waals surface area contributed by atoms with Gasteiger partial charge in [-0.15, -0.1) is 0 Å². The fourth-order valence-corrected chi connectivity index (χ4v) is 3.33. The van der Waals surface area contributed by atoms with Crippen LogP contribution in [0, 0.1) is 0 Å². The predicted molar refractivity (Wildman–Crippen MR) is 126 cm³/mol. The van der Waals surface area contributed by atoms with Gasteiger partial charge in [0.1, 0.15) is 17.0 Å². The summed E-state index contributed by atoms with van der Waals surface area (Å²) in [5, 5.41) is 10.2. The molecule has 8 nitrogen and oxygen atoms in total. The fraction of sp³-hybridized carbons (Fsp3) is 0.0800. The first-order chi connectivity index (χ1) is 16.1. The largest absolute Gasteiger partial charge is 0.497 e. The third kappa shape index (κ3) is 4.69. The Labute approximate surface area is 190 Å². The number of esters is 1. The normalized spacial score (nSPS) is 10.4. The Bertz CT molecular complexity index is 1250. The van der Waals surface area contributed by atoms with Crippen LogP contribution in [0.5, 0.6) is 5.75 Å². The lowest BCUT2D eigenvalue weighted by atomic mass is 10.1. The van der Waals surface area contributed by atoms with Crippen LogP contribution in [0.2, 0.25) is 0 Å². The van der Waals surface area contributed by atoms with E-state index in [-0.39, 0.29) is 11.4 Å². The number of para-hydroxylation sites is 1. The highest BCUT2D eigenvalue weighted by Gasteiger charge is 2.27. The molecule has 0 saturated carbocycles. The monoisotopic (exact) mass is 442 g/mol. The molecule has 0 spiro atoms. The molecule has 0 atom stereocenters. The number of ether oxygens (including phenoxy) is 2. The Balaban J connectivity index is 1.78. The highest BCUT2D eigenvalue weighted by molar-refractivity contribution is 6.07. The van der Waals surface area contributed by atoms with Gasteiger partial charge in [-0.05, 0) is 36.4 Å². The zero-order valence-electron chi connectivity index (χ0n) is 18.1. The number of urea groups is 1. The molecule has 2 N–H and O–H groups in total. The summed E-state index contributed by atoms with van der Waals surface area (Å²) in [6.07, 6.45) is 0. The number of hydrogen-bond donors (Lipinski definition) is 2. The first kappa shape index (κ1) is 21.6. The van der Waals surface area contributed by atoms with Crippen LogP contribution < -0.4 is 15.4 Å². The first-order valence-corrected chi connectivity index (χ1v) is 10.1. The maximum absolute atomic E-state index is 12.9. The van der Waals surface area contributed by atoms with E-state index in [9.17, 15) is 9.59 Å². The van der Waals surface area contributed by atoms with Gasteiger partial charge in [0.05, 0.1) is 19.9 Å². The number of benzene rings is 3. The average molecular weight is 442 g/mol. The maximum atomic E-state index is 12.9. The van der Waals surface area contributed by atoms with Crippen molar-refractivity contribution in [2.24, 2.45) is 0 Å². The zero-order valence-corrected chi connectivity index (χ0v) is 18.1. The van der Waals surface area contributed by atoms with E-state index in [0.717, 1.165) is 0 Å². The van der Waals surface area contributed by atoms with Gasteiger partial charge in [0.2, 0.25) is 0 Å². The summed E-state index contributed by atoms with van der Waals surface area (Å²) in [4.78, 5) is 25.7. The molecule has 0 aliphatic carbocycles. The van der Waals surface area contributed by atoms with E-state index in [1.54, 1.807) is 31.4 Å². The van der Waals surface area contributed by atoms with Gasteiger partial charge in [-0.2, -0.15) is 5.10 Å². The maximum Gasteiger partial charge on any atom is 0.343 e. The van der Waals surface area contributed by atoms with E-state index in [0.29, 0.717) is 28.4 Å². The molecule has 166 valence electrons. The van der Waals surface area contributed by atoms with Gasteiger partial charge < -0.3 is 14.8 Å². The standard InChI is InChI=1S/C25H22N4O4/c1-32-20-15-13-18(14-16-20)26-25(31)27-23-21(24(30)33-2)22(17-9-5-3-6-10-17)28-29(23)19-11-7-4-8-12-19/h3-16H,1-2H3,(H2,26,27,31). The van der Waals surface area contributed by atoms with Gasteiger partial charge in [0.15, 0.2) is 5.82 Å². The molecule has 4 rings (SSSR count). The van der Waals surface area contributed by atoms with E-state index in [1.165, 1.54) is 11.8 Å². The van der Waals surface area contributed by atoms with Crippen molar-refractivity contribution in [2.75, 3.05) is 24.9 Å². The molecule has 1 heterocycles. The Morgan fingerprint density at radius 3 is 2.06 bits per heavy atom. The molecule has 8 heteroatoms. The van der Waals surface area contributed by atoms with Gasteiger partial charge >= 0.3 is 12.0 Å². The van der Waals surface area contributed by atoms with Crippen molar-refractivity contribution in [3.63, 3.8) is 0 Å². The lowest BCUT2D eigenvalue weighted by Gasteiger charge is -2.12. The summed E-state index contributed by atoms with van der Waals surface area (Å²) in [6, 6.07) is 24.8. The summed E-state index contributed by atoms with van der Waals surface area (Å²) >= 11 is 0. The van der Waals surface area contributed by atoms with Gasteiger partial charge in [0.25, 0.3) is 0 Å². The number of methoxy groups -OCH3 is 2. The number of anilines is 2. The molecule has 2 amide bonds. The van der Waals surface area contributed by atoms with Crippen LogP contribution in [0.1, 0.15) is 10.4 Å². The minimum atomic E-state index is -0.615. The summed E-state index contributed by atoms with van der Waals surface area (Å²) < 4.78 is 11.7. The van der Waals surface area contributed by atoms with Crippen molar-refractivity contribution >= 4 is 23.5 Å². The van der Waals surface area contributed by atoms with Crippen molar-refractivity contribution < 1.29 is 19.1 Å². The number of carbonyl (C=O) groups excluding carboxylic acids is 2. The van der Waals surface area contributed by atoms with Crippen molar-refractivity contribution in [2.45, 2.75) is 0 Å². The highest BCUT2D eigenvalue weighted by atomic mass is 16.5. The Morgan fingerprint density at radius 1 is 0.818 bits per heavy atom. The van der Waals surface area contributed by atoms with Crippen LogP contribution in [-0.2, 0) is 4.74 Å². The Hall–Kier alpha value is -4.59. The molecule has 0 fully saturated rings. The molecule has 0 aliphatic rings. The molecule has 33 heavy (non-hydrogen) atoms. The van der Waals surface area contributed by atoms with E-state index < -0.39 is 12.0 Å². The van der Waals surface area contributed by atoms with E-state index in [4.69, 9.17) is 9.47 Å². The molecular weight excluding hydrogens is 420 g/mol. The highest BCUT2D eigenvalue weighted by Crippen LogP contribution is 2.32. The SMILES string of the molecule is COC(=O)c1c(-c2ccccc2)nn(-c2ccccc2)c1NC(=O)Nc1ccc(OC)cc1. The van der Waals surface area contributed by atoms with Crippen molar-refractivity contribution in [3.05, 3.63) is 90.5 Å². The Morgan fingerprint density at radius 2 is 1.45 bits per heavy atom. The topological polar surface area (TPSA) is 94.5 Å². The molecule has 0 radical (unpaired) electrons. The molecule has 0 unspecified atom stereocenters. The number of nitrogens with one attached hydrogen (secondary N) is 2. The number of aromatic nitrogens is 2. The van der Waals surface area contributed by atoms with Crippen LogP contribution in [0.4, 0.5) is 16.3 Å². The van der Waals surface area contributed by atoms with Gasteiger partial charge in [-0.3, -0.25) is 5.32 Å². The van der Waals surface area contributed by atoms with Crippen molar-refractivity contribution in [1.29, 1.82) is 0 Å². The lowest BCUT2D eigenvalue weighted by molar-refractivity contribution is 0.0603. The third-order valence-corrected chi connectivity index (χ3v) is 4.90. The van der Waals surface area contributed by atoms with Crippen molar-refractivity contribution in [1.82, 2.24) is 9.78 Å². The minimum absolute atomic E-state index is 0.150. The molecule has 0 aliphatic heterocycles. The van der Waals surface area contributed by atoms with E-state index in [2.05, 4.69) is 15.7 Å². The van der Waals surface area contributed by atoms with Crippen LogP contribution in [0.3, 0.4) is 0 Å². The summed E-state index contributed by atoms with van der Waals surface area (Å²) in [6.45, 7) is 0. The molecular formula is C25H22N4O4. The van der Waals surface area contributed by atoms with Crippen LogP contribution in [-0.4, -0.2) is 36.0 Å². The predicted octanol–water partition coefficient (Wildman–Crippen LogP) is 4.98. The molecule has 0 saturated heterocycles. The molecule has 3 aromatic carbocycles. The number of nitrogens with zero attached hydrogens (tertiary/aromatic N) is 2. The van der Waals surface area contributed by atoms with Crippen LogP contribution in [0.25, 0.3) is 16.9 Å². The Kier molecular flexibility index (Phi) is 6.36. The fourth-order valence-electron chi connectivity index (χ4n) is 3.33. The minimum Gasteiger partial charge on any atom is -0.497 e. The average Bonchev–Trinajstić information content (AvgIpc) is 3.24. The summed E-state index contributed by atoms with van der Waals surface area (Å²) in [5.41, 5.74) is 2.49. The van der Waals surface area contributed by atoms with Gasteiger partial charge in [0, 0.05) is 11.3 Å². The second kappa shape index (κ2) is 9.69. The van der Waals surface area contributed by atoms with Crippen LogP contribution >= 0.6 is 0 Å². The summed E-state index contributed by atoms with van der Waals surface area (Å²) in [7, 11) is 2.86. The number of hydrogen-bond acceptors (Lipinski definition) is 5. The smallest absolute Gasteiger partial charge is 0.343 e. The quantitative estimate of drug-likeness (QED) is 0.411. The van der Waals surface area contributed by atoms with E-state index in [1.807, 2.05) is 60.7 Å².